The summed E-state index contributed by atoms with van der Waals surface area (Å²) in [4.78, 5) is 13.4. The summed E-state index contributed by atoms with van der Waals surface area (Å²) >= 11 is 19.0. The highest BCUT2D eigenvalue weighted by Crippen LogP contribution is 2.34. The molecule has 0 radical (unpaired) electrons. The standard InChI is InChI=1S/C24H17Cl2N3O2S2/c25-16-9-6-15(19(26)12-16)13-31-18-10-7-14(8-11-18)21-27-22-20(23(30)28-21)33-24(32)29(22)17-4-2-1-3-5-17/h1-12,21,27H,13H2,(H,28,30)/t21-/m0/s1. The van der Waals surface area contributed by atoms with E-state index in [-0.39, 0.29) is 5.91 Å². The van der Waals surface area contributed by atoms with Crippen LogP contribution in [0.5, 0.6) is 5.75 Å². The van der Waals surface area contributed by atoms with Crippen LogP contribution in [-0.2, 0) is 6.61 Å². The molecule has 1 aliphatic heterocycles. The Balaban J connectivity index is 1.35. The minimum absolute atomic E-state index is 0.155. The molecule has 5 rings (SSSR count). The fourth-order valence-corrected chi connectivity index (χ4v) is 5.33. The summed E-state index contributed by atoms with van der Waals surface area (Å²) in [5.74, 6) is 1.23. The molecular weight excluding hydrogens is 497 g/mol. The van der Waals surface area contributed by atoms with Gasteiger partial charge in [-0.1, -0.05) is 70.9 Å². The van der Waals surface area contributed by atoms with Crippen molar-refractivity contribution >= 4 is 58.5 Å². The minimum atomic E-state index is -0.399. The van der Waals surface area contributed by atoms with Gasteiger partial charge in [-0.25, -0.2) is 0 Å². The van der Waals surface area contributed by atoms with Gasteiger partial charge in [0.2, 0.25) is 0 Å². The van der Waals surface area contributed by atoms with Gasteiger partial charge in [0, 0.05) is 21.3 Å². The van der Waals surface area contributed by atoms with Crippen LogP contribution in [0, 0.1) is 3.95 Å². The summed E-state index contributed by atoms with van der Waals surface area (Å²) in [5.41, 5.74) is 2.65. The molecule has 5 nitrogen and oxygen atoms in total. The summed E-state index contributed by atoms with van der Waals surface area (Å²) < 4.78 is 8.37. The second kappa shape index (κ2) is 9.19. The average Bonchev–Trinajstić information content (AvgIpc) is 3.16. The summed E-state index contributed by atoms with van der Waals surface area (Å²) in [7, 11) is 0. The van der Waals surface area contributed by atoms with E-state index in [4.69, 9.17) is 40.2 Å². The Hall–Kier alpha value is -2.84. The van der Waals surface area contributed by atoms with Crippen molar-refractivity contribution in [2.24, 2.45) is 0 Å². The normalized spacial score (nSPS) is 14.8. The molecule has 4 aromatic rings. The maximum absolute atomic E-state index is 12.8. The van der Waals surface area contributed by atoms with Gasteiger partial charge in [0.15, 0.2) is 3.95 Å². The number of carbonyl (C=O) groups excluding carboxylic acids is 1. The molecule has 0 unspecified atom stereocenters. The molecule has 3 aromatic carbocycles. The van der Waals surface area contributed by atoms with Gasteiger partial charge in [-0.05, 0) is 54.2 Å². The Kier molecular flexibility index (Phi) is 6.12. The number of rotatable bonds is 5. The molecule has 0 aliphatic carbocycles. The Bertz CT molecular complexity index is 1390. The van der Waals surface area contributed by atoms with Crippen LogP contribution in [0.15, 0.2) is 72.8 Å². The number of para-hydroxylation sites is 1. The lowest BCUT2D eigenvalue weighted by atomic mass is 10.1. The third-order valence-electron chi connectivity index (χ3n) is 5.21. The van der Waals surface area contributed by atoms with Gasteiger partial charge in [-0.15, -0.1) is 0 Å². The quantitative estimate of drug-likeness (QED) is 0.282. The van der Waals surface area contributed by atoms with E-state index < -0.39 is 6.17 Å². The minimum Gasteiger partial charge on any atom is -0.489 e. The van der Waals surface area contributed by atoms with E-state index in [1.807, 2.05) is 65.2 Å². The first-order valence-electron chi connectivity index (χ1n) is 10.0. The average molecular weight is 514 g/mol. The number of anilines is 1. The Morgan fingerprint density at radius 2 is 1.76 bits per heavy atom. The molecule has 2 N–H and O–H groups in total. The van der Waals surface area contributed by atoms with E-state index in [9.17, 15) is 4.79 Å². The van der Waals surface area contributed by atoms with E-state index in [1.54, 1.807) is 12.1 Å². The first-order valence-corrected chi connectivity index (χ1v) is 12.0. The number of carbonyl (C=O) groups is 1. The van der Waals surface area contributed by atoms with Crippen LogP contribution in [-0.4, -0.2) is 10.5 Å². The SMILES string of the molecule is O=C1N[C@@H](c2ccc(OCc3ccc(Cl)cc3Cl)cc2)Nc2c1sc(=S)n2-c1ccccc1. The number of hydrogen-bond acceptors (Lipinski definition) is 5. The largest absolute Gasteiger partial charge is 0.489 e. The molecule has 2 heterocycles. The zero-order chi connectivity index (χ0) is 22.9. The monoisotopic (exact) mass is 513 g/mol. The number of amides is 1. The predicted octanol–water partition coefficient (Wildman–Crippen LogP) is 7.01. The van der Waals surface area contributed by atoms with E-state index in [1.165, 1.54) is 11.3 Å². The highest BCUT2D eigenvalue weighted by Gasteiger charge is 2.29. The predicted molar refractivity (Wildman–Crippen MR) is 136 cm³/mol. The number of thiazole rings is 1. The fourth-order valence-electron chi connectivity index (χ4n) is 3.56. The molecule has 166 valence electrons. The zero-order valence-electron chi connectivity index (χ0n) is 17.0. The van der Waals surface area contributed by atoms with Crippen molar-refractivity contribution in [3.63, 3.8) is 0 Å². The molecule has 9 heteroatoms. The van der Waals surface area contributed by atoms with Crippen LogP contribution in [0.2, 0.25) is 10.0 Å². The van der Waals surface area contributed by atoms with Crippen molar-refractivity contribution < 1.29 is 9.53 Å². The van der Waals surface area contributed by atoms with Crippen molar-refractivity contribution in [3.8, 4) is 11.4 Å². The number of nitrogens with one attached hydrogen (secondary N) is 2. The molecule has 1 aromatic heterocycles. The first-order chi connectivity index (χ1) is 16.0. The number of ether oxygens (including phenoxy) is 1. The molecule has 0 spiro atoms. The third kappa shape index (κ3) is 4.50. The lowest BCUT2D eigenvalue weighted by Crippen LogP contribution is -2.38. The van der Waals surface area contributed by atoms with Gasteiger partial charge in [0.05, 0.1) is 0 Å². The maximum atomic E-state index is 12.8. The van der Waals surface area contributed by atoms with Crippen LogP contribution in [0.1, 0.15) is 27.0 Å². The molecule has 0 fully saturated rings. The highest BCUT2D eigenvalue weighted by molar-refractivity contribution is 7.73. The smallest absolute Gasteiger partial charge is 0.267 e. The van der Waals surface area contributed by atoms with E-state index >= 15 is 0 Å². The van der Waals surface area contributed by atoms with Gasteiger partial charge in [0.25, 0.3) is 5.91 Å². The number of nitrogens with zero attached hydrogens (tertiary/aromatic N) is 1. The van der Waals surface area contributed by atoms with E-state index in [0.717, 1.165) is 16.8 Å². The Labute approximate surface area is 209 Å². The number of halogens is 2. The van der Waals surface area contributed by atoms with Crippen LogP contribution in [0.4, 0.5) is 5.82 Å². The number of fused-ring (bicyclic) bond motifs is 1. The molecule has 0 bridgehead atoms. The maximum Gasteiger partial charge on any atom is 0.267 e. The summed E-state index contributed by atoms with van der Waals surface area (Å²) in [5, 5.41) is 7.57. The molecule has 0 saturated heterocycles. The van der Waals surface area contributed by atoms with Crippen LogP contribution in [0.3, 0.4) is 0 Å². The molecule has 1 amide bonds. The zero-order valence-corrected chi connectivity index (χ0v) is 20.2. The second-order valence-electron chi connectivity index (χ2n) is 7.36. The number of aromatic nitrogens is 1. The lowest BCUT2D eigenvalue weighted by molar-refractivity contribution is 0.0939. The summed E-state index contributed by atoms with van der Waals surface area (Å²) in [6.45, 7) is 0.324. The van der Waals surface area contributed by atoms with Gasteiger partial charge in [-0.3, -0.25) is 9.36 Å². The van der Waals surface area contributed by atoms with Crippen LogP contribution < -0.4 is 15.4 Å². The number of benzene rings is 3. The Morgan fingerprint density at radius 3 is 2.48 bits per heavy atom. The van der Waals surface area contributed by atoms with Crippen LogP contribution >= 0.6 is 46.8 Å². The van der Waals surface area contributed by atoms with Gasteiger partial charge in [0.1, 0.15) is 29.2 Å². The highest BCUT2D eigenvalue weighted by atomic mass is 35.5. The van der Waals surface area contributed by atoms with Crippen molar-refractivity contribution in [3.05, 3.63) is 103 Å². The van der Waals surface area contributed by atoms with Gasteiger partial charge >= 0.3 is 0 Å². The number of hydrogen-bond donors (Lipinski definition) is 2. The first kappa shape index (κ1) is 22.0. The van der Waals surface area contributed by atoms with E-state index in [0.29, 0.717) is 37.1 Å². The van der Waals surface area contributed by atoms with Crippen molar-refractivity contribution in [2.75, 3.05) is 5.32 Å². The lowest BCUT2D eigenvalue weighted by Gasteiger charge is -2.27. The molecule has 33 heavy (non-hydrogen) atoms. The third-order valence-corrected chi connectivity index (χ3v) is 7.17. The second-order valence-corrected chi connectivity index (χ2v) is 9.85. The van der Waals surface area contributed by atoms with E-state index in [2.05, 4.69) is 10.6 Å². The molecule has 1 atom stereocenters. The van der Waals surface area contributed by atoms with Gasteiger partial charge < -0.3 is 15.4 Å². The molecule has 1 aliphatic rings. The molecular formula is C24H17Cl2N3O2S2. The van der Waals surface area contributed by atoms with Crippen molar-refractivity contribution in [1.82, 2.24) is 9.88 Å². The van der Waals surface area contributed by atoms with Crippen LogP contribution in [0.25, 0.3) is 5.69 Å². The van der Waals surface area contributed by atoms with Crippen molar-refractivity contribution in [1.29, 1.82) is 0 Å². The topological polar surface area (TPSA) is 55.3 Å². The fraction of sp³-hybridized carbons (Fsp3) is 0.0833. The Morgan fingerprint density at radius 1 is 1.00 bits per heavy atom. The van der Waals surface area contributed by atoms with Crippen molar-refractivity contribution in [2.45, 2.75) is 12.8 Å². The molecule has 0 saturated carbocycles. The summed E-state index contributed by atoms with van der Waals surface area (Å²) in [6, 6.07) is 22.6. The summed E-state index contributed by atoms with van der Waals surface area (Å²) in [6.07, 6.45) is -0.399. The van der Waals surface area contributed by atoms with Gasteiger partial charge in [-0.2, -0.15) is 0 Å².